The molecule has 1 fully saturated rings. The molecule has 1 aliphatic heterocycles. The highest BCUT2D eigenvalue weighted by atomic mass is 16.3. The van der Waals surface area contributed by atoms with E-state index in [-0.39, 0.29) is 18.0 Å². The van der Waals surface area contributed by atoms with Crippen LogP contribution in [0.4, 0.5) is 0 Å². The van der Waals surface area contributed by atoms with E-state index in [1.165, 1.54) is 11.3 Å². The summed E-state index contributed by atoms with van der Waals surface area (Å²) in [5, 5.41) is 0.977. The first-order valence-electron chi connectivity index (χ1n) is 10.7. The van der Waals surface area contributed by atoms with Crippen LogP contribution in [0.5, 0.6) is 0 Å². The molecule has 1 aliphatic rings. The number of amides is 1. The zero-order chi connectivity index (χ0) is 21.1. The maximum absolute atomic E-state index is 13.2. The van der Waals surface area contributed by atoms with Crippen molar-refractivity contribution in [3.05, 3.63) is 69.9 Å². The van der Waals surface area contributed by atoms with Gasteiger partial charge in [-0.15, -0.1) is 0 Å². The Balaban J connectivity index is 1.58. The Morgan fingerprint density at radius 3 is 2.90 bits per heavy atom. The summed E-state index contributed by atoms with van der Waals surface area (Å²) >= 11 is 0. The molecule has 1 amide bonds. The molecule has 0 spiro atoms. The molecule has 2 aromatic heterocycles. The van der Waals surface area contributed by atoms with Gasteiger partial charge < -0.3 is 19.2 Å². The van der Waals surface area contributed by atoms with Gasteiger partial charge in [0.15, 0.2) is 6.54 Å². The van der Waals surface area contributed by atoms with E-state index in [0.717, 1.165) is 41.7 Å². The van der Waals surface area contributed by atoms with Crippen LogP contribution in [0, 0.1) is 12.8 Å². The molecular weight excluding hydrogens is 378 g/mol. The summed E-state index contributed by atoms with van der Waals surface area (Å²) in [7, 11) is 0. The van der Waals surface area contributed by atoms with Crippen LogP contribution in [0.2, 0.25) is 0 Å². The summed E-state index contributed by atoms with van der Waals surface area (Å²) in [6.45, 7) is 7.41. The average molecular weight is 409 g/mol. The molecule has 0 aliphatic carbocycles. The Kier molecular flexibility index (Phi) is 6.04. The van der Waals surface area contributed by atoms with Gasteiger partial charge in [-0.2, -0.15) is 0 Å². The fraction of sp³-hybridized carbons (Fsp3) is 0.417. The number of pyridine rings is 1. The van der Waals surface area contributed by atoms with Crippen LogP contribution in [-0.2, 0) is 17.9 Å². The zero-order valence-electron chi connectivity index (χ0n) is 17.7. The van der Waals surface area contributed by atoms with E-state index in [4.69, 9.17) is 4.42 Å². The lowest BCUT2D eigenvalue weighted by Gasteiger charge is -2.29. The van der Waals surface area contributed by atoms with Crippen LogP contribution < -0.4 is 10.5 Å². The molecule has 3 heterocycles. The van der Waals surface area contributed by atoms with Crippen molar-refractivity contribution in [1.29, 1.82) is 0 Å². The number of carbonyl (C=O) groups is 1. The quantitative estimate of drug-likeness (QED) is 0.657. The molecule has 3 aromatic rings. The standard InChI is InChI=1S/C24H29N3O3/c1-17-7-8-22-19(11-17)12-20(24(29)25-22)14-27(15-21-6-4-10-30-21)23(28)16-26-9-3-5-18(2)13-26/h4,6-8,10-12,18H,3,5,9,13-16H2,1-2H3,(H,25,29)/p+1/t18-/m0/s1. The number of nitrogens with zero attached hydrogens (tertiary/aromatic N) is 1. The summed E-state index contributed by atoms with van der Waals surface area (Å²) in [5.41, 5.74) is 2.38. The lowest BCUT2D eigenvalue weighted by atomic mass is 10.0. The number of furan rings is 1. The molecule has 6 nitrogen and oxygen atoms in total. The number of quaternary nitrogens is 1. The lowest BCUT2D eigenvalue weighted by molar-refractivity contribution is -0.900. The molecule has 2 atom stereocenters. The van der Waals surface area contributed by atoms with Crippen LogP contribution in [0.3, 0.4) is 0 Å². The Morgan fingerprint density at radius 1 is 1.27 bits per heavy atom. The number of hydrogen-bond acceptors (Lipinski definition) is 3. The van der Waals surface area contributed by atoms with Crippen molar-refractivity contribution in [3.8, 4) is 0 Å². The van der Waals surface area contributed by atoms with Crippen molar-refractivity contribution < 1.29 is 14.1 Å². The van der Waals surface area contributed by atoms with E-state index in [1.807, 2.05) is 43.3 Å². The van der Waals surface area contributed by atoms with Crippen molar-refractivity contribution in [1.82, 2.24) is 9.88 Å². The summed E-state index contributed by atoms with van der Waals surface area (Å²) in [6.07, 6.45) is 4.01. The van der Waals surface area contributed by atoms with Gasteiger partial charge in [-0.25, -0.2) is 0 Å². The molecule has 1 aromatic carbocycles. The normalized spacial score (nSPS) is 19.1. The average Bonchev–Trinajstić information content (AvgIpc) is 3.21. The number of carbonyl (C=O) groups excluding carboxylic acids is 1. The second kappa shape index (κ2) is 8.88. The highest BCUT2D eigenvalue weighted by Gasteiger charge is 2.26. The van der Waals surface area contributed by atoms with Gasteiger partial charge in [0.2, 0.25) is 0 Å². The molecule has 158 valence electrons. The minimum absolute atomic E-state index is 0.0549. The number of hydrogen-bond donors (Lipinski definition) is 2. The molecule has 30 heavy (non-hydrogen) atoms. The largest absolute Gasteiger partial charge is 0.467 e. The van der Waals surface area contributed by atoms with Crippen LogP contribution >= 0.6 is 0 Å². The van der Waals surface area contributed by atoms with Gasteiger partial charge in [0.25, 0.3) is 11.5 Å². The minimum Gasteiger partial charge on any atom is -0.467 e. The van der Waals surface area contributed by atoms with Crippen LogP contribution in [-0.4, -0.2) is 35.4 Å². The third kappa shape index (κ3) is 4.82. The first kappa shape index (κ1) is 20.4. The van der Waals surface area contributed by atoms with Gasteiger partial charge in [0, 0.05) is 17.0 Å². The third-order valence-corrected chi connectivity index (χ3v) is 5.98. The van der Waals surface area contributed by atoms with Gasteiger partial charge in [0.1, 0.15) is 5.76 Å². The smallest absolute Gasteiger partial charge is 0.278 e. The number of nitrogens with one attached hydrogen (secondary N) is 2. The Labute approximate surface area is 176 Å². The number of H-pyrrole nitrogens is 1. The third-order valence-electron chi connectivity index (χ3n) is 5.98. The fourth-order valence-corrected chi connectivity index (χ4v) is 4.40. The monoisotopic (exact) mass is 408 g/mol. The summed E-state index contributed by atoms with van der Waals surface area (Å²) in [6, 6.07) is 11.5. The van der Waals surface area contributed by atoms with Crippen LogP contribution in [0.25, 0.3) is 10.9 Å². The molecule has 4 rings (SSSR count). The number of aromatic nitrogens is 1. The molecule has 2 N–H and O–H groups in total. The highest BCUT2D eigenvalue weighted by Crippen LogP contribution is 2.15. The Hall–Kier alpha value is -2.86. The molecule has 0 bridgehead atoms. The van der Waals surface area contributed by atoms with Gasteiger partial charge >= 0.3 is 0 Å². The van der Waals surface area contributed by atoms with Gasteiger partial charge in [-0.05, 0) is 55.5 Å². The van der Waals surface area contributed by atoms with Crippen molar-refractivity contribution >= 4 is 16.8 Å². The first-order chi connectivity index (χ1) is 14.5. The molecule has 0 radical (unpaired) electrons. The number of likely N-dealkylation sites (tertiary alicyclic amines) is 1. The second-order valence-electron chi connectivity index (χ2n) is 8.67. The van der Waals surface area contributed by atoms with Gasteiger partial charge in [0.05, 0.1) is 32.4 Å². The fourth-order valence-electron chi connectivity index (χ4n) is 4.40. The minimum atomic E-state index is -0.150. The number of fused-ring (bicyclic) bond motifs is 1. The Bertz CT molecular complexity index is 1070. The number of rotatable bonds is 6. The predicted octanol–water partition coefficient (Wildman–Crippen LogP) is 2.27. The summed E-state index contributed by atoms with van der Waals surface area (Å²) in [4.78, 5) is 31.9. The van der Waals surface area contributed by atoms with Crippen molar-refractivity contribution in [2.75, 3.05) is 19.6 Å². The van der Waals surface area contributed by atoms with E-state index in [0.29, 0.717) is 24.6 Å². The SMILES string of the molecule is Cc1ccc2[nH]c(=O)c(CN(Cc3ccco3)C(=O)C[NH+]3CCC[C@H](C)C3)cc2c1. The number of aromatic amines is 1. The summed E-state index contributed by atoms with van der Waals surface area (Å²) < 4.78 is 5.49. The number of aryl methyl sites for hydroxylation is 1. The van der Waals surface area contributed by atoms with E-state index < -0.39 is 0 Å². The molecular formula is C24H30N3O3+. The van der Waals surface area contributed by atoms with Crippen molar-refractivity contribution in [2.24, 2.45) is 5.92 Å². The highest BCUT2D eigenvalue weighted by molar-refractivity contribution is 5.80. The number of benzene rings is 1. The molecule has 0 saturated carbocycles. The van der Waals surface area contributed by atoms with Gasteiger partial charge in [-0.3, -0.25) is 9.59 Å². The molecule has 1 unspecified atom stereocenters. The van der Waals surface area contributed by atoms with Crippen LogP contribution in [0.1, 0.15) is 36.7 Å². The predicted molar refractivity (Wildman–Crippen MR) is 116 cm³/mol. The van der Waals surface area contributed by atoms with Crippen molar-refractivity contribution in [2.45, 2.75) is 39.8 Å². The van der Waals surface area contributed by atoms with E-state index in [1.54, 1.807) is 11.2 Å². The maximum Gasteiger partial charge on any atom is 0.278 e. The first-order valence-corrected chi connectivity index (χ1v) is 10.7. The Morgan fingerprint density at radius 2 is 2.13 bits per heavy atom. The second-order valence-corrected chi connectivity index (χ2v) is 8.67. The number of piperidine rings is 1. The van der Waals surface area contributed by atoms with E-state index in [9.17, 15) is 9.59 Å². The molecule has 6 heteroatoms. The van der Waals surface area contributed by atoms with E-state index in [2.05, 4.69) is 11.9 Å². The van der Waals surface area contributed by atoms with Crippen LogP contribution in [0.15, 0.2) is 51.9 Å². The van der Waals surface area contributed by atoms with Crippen molar-refractivity contribution in [3.63, 3.8) is 0 Å². The lowest BCUT2D eigenvalue weighted by Crippen LogP contribution is -3.14. The maximum atomic E-state index is 13.2. The topological polar surface area (TPSA) is 70.8 Å². The zero-order valence-corrected chi connectivity index (χ0v) is 17.7. The van der Waals surface area contributed by atoms with Gasteiger partial charge in [-0.1, -0.05) is 18.6 Å². The molecule has 1 saturated heterocycles. The van der Waals surface area contributed by atoms with E-state index >= 15 is 0 Å². The summed E-state index contributed by atoms with van der Waals surface area (Å²) in [5.74, 6) is 1.42.